The number of rotatable bonds is 9. The third-order valence-corrected chi connectivity index (χ3v) is 2.99. The van der Waals surface area contributed by atoms with Gasteiger partial charge in [0.1, 0.15) is 0 Å². The number of methoxy groups -OCH3 is 1. The largest absolute Gasteiger partial charge is 0.382 e. The van der Waals surface area contributed by atoms with E-state index in [2.05, 4.69) is 31.2 Å². The average Bonchev–Trinajstić information content (AvgIpc) is 2.39. The standard InChI is InChI=1S/C15H25NO2/c1-3-13-4-6-14(7-5-13)12-15(16)8-9-18-11-10-17-2/h4-7,15H,3,8-12,16H2,1-2H3. The fraction of sp³-hybridized carbons (Fsp3) is 0.600. The van der Waals surface area contributed by atoms with Crippen LogP contribution in [0.4, 0.5) is 0 Å². The first-order valence-corrected chi connectivity index (χ1v) is 6.66. The Morgan fingerprint density at radius 2 is 1.72 bits per heavy atom. The van der Waals surface area contributed by atoms with Gasteiger partial charge in [0.05, 0.1) is 13.2 Å². The Labute approximate surface area is 110 Å². The van der Waals surface area contributed by atoms with Crippen LogP contribution in [-0.4, -0.2) is 33.0 Å². The molecule has 0 aliphatic heterocycles. The summed E-state index contributed by atoms with van der Waals surface area (Å²) in [4.78, 5) is 0. The van der Waals surface area contributed by atoms with Crippen molar-refractivity contribution < 1.29 is 9.47 Å². The van der Waals surface area contributed by atoms with E-state index < -0.39 is 0 Å². The molecule has 1 unspecified atom stereocenters. The lowest BCUT2D eigenvalue weighted by Crippen LogP contribution is -2.25. The maximum Gasteiger partial charge on any atom is 0.0700 e. The second kappa shape index (κ2) is 9.09. The summed E-state index contributed by atoms with van der Waals surface area (Å²) in [6.45, 7) is 4.16. The summed E-state index contributed by atoms with van der Waals surface area (Å²) in [6, 6.07) is 8.86. The van der Waals surface area contributed by atoms with Gasteiger partial charge in [-0.15, -0.1) is 0 Å². The minimum atomic E-state index is 0.167. The van der Waals surface area contributed by atoms with Crippen molar-refractivity contribution >= 4 is 0 Å². The molecule has 0 spiro atoms. The van der Waals surface area contributed by atoms with E-state index >= 15 is 0 Å². The Morgan fingerprint density at radius 3 is 2.33 bits per heavy atom. The molecule has 0 bridgehead atoms. The van der Waals surface area contributed by atoms with Crippen molar-refractivity contribution in [2.24, 2.45) is 5.73 Å². The van der Waals surface area contributed by atoms with E-state index in [1.807, 2.05) is 0 Å². The van der Waals surface area contributed by atoms with E-state index in [0.717, 1.165) is 19.3 Å². The molecule has 2 N–H and O–H groups in total. The normalized spacial score (nSPS) is 12.6. The van der Waals surface area contributed by atoms with Gasteiger partial charge in [0.25, 0.3) is 0 Å². The van der Waals surface area contributed by atoms with Gasteiger partial charge < -0.3 is 15.2 Å². The van der Waals surface area contributed by atoms with Crippen molar-refractivity contribution in [2.45, 2.75) is 32.2 Å². The Balaban J connectivity index is 2.20. The first-order chi connectivity index (χ1) is 8.76. The Hall–Kier alpha value is -0.900. The molecule has 0 saturated carbocycles. The van der Waals surface area contributed by atoms with Gasteiger partial charge in [0.2, 0.25) is 0 Å². The summed E-state index contributed by atoms with van der Waals surface area (Å²) in [6.07, 6.45) is 2.89. The van der Waals surface area contributed by atoms with Gasteiger partial charge in [-0.2, -0.15) is 0 Å². The van der Waals surface area contributed by atoms with E-state index in [4.69, 9.17) is 15.2 Å². The molecule has 0 fully saturated rings. The van der Waals surface area contributed by atoms with Crippen molar-refractivity contribution in [2.75, 3.05) is 26.9 Å². The van der Waals surface area contributed by atoms with E-state index in [1.54, 1.807) is 7.11 Å². The molecule has 1 aromatic rings. The molecule has 0 saturated heterocycles. The molecule has 0 aliphatic carbocycles. The molecular formula is C15H25NO2. The third kappa shape index (κ3) is 6.15. The van der Waals surface area contributed by atoms with Gasteiger partial charge in [0, 0.05) is 19.8 Å². The SMILES string of the molecule is CCc1ccc(CC(N)CCOCCOC)cc1. The number of hydrogen-bond acceptors (Lipinski definition) is 3. The Kier molecular flexibility index (Phi) is 7.65. The predicted octanol–water partition coefficient (Wildman–Crippen LogP) is 2.17. The van der Waals surface area contributed by atoms with E-state index in [-0.39, 0.29) is 6.04 Å². The van der Waals surface area contributed by atoms with Crippen molar-refractivity contribution in [1.29, 1.82) is 0 Å². The van der Waals surface area contributed by atoms with Crippen LogP contribution in [0.2, 0.25) is 0 Å². The lowest BCUT2D eigenvalue weighted by atomic mass is 10.0. The van der Waals surface area contributed by atoms with Crippen LogP contribution >= 0.6 is 0 Å². The van der Waals surface area contributed by atoms with Crippen molar-refractivity contribution in [3.63, 3.8) is 0 Å². The number of aryl methyl sites for hydroxylation is 1. The fourth-order valence-corrected chi connectivity index (χ4v) is 1.79. The minimum Gasteiger partial charge on any atom is -0.382 e. The molecule has 3 nitrogen and oxygen atoms in total. The molecule has 0 heterocycles. The number of hydrogen-bond donors (Lipinski definition) is 1. The zero-order valence-corrected chi connectivity index (χ0v) is 11.5. The van der Waals surface area contributed by atoms with Gasteiger partial charge in [-0.1, -0.05) is 31.2 Å². The summed E-state index contributed by atoms with van der Waals surface area (Å²) in [7, 11) is 1.68. The summed E-state index contributed by atoms with van der Waals surface area (Å²) in [5.41, 5.74) is 8.75. The van der Waals surface area contributed by atoms with Crippen LogP contribution in [0, 0.1) is 0 Å². The third-order valence-electron chi connectivity index (χ3n) is 2.99. The molecule has 1 atom stereocenters. The molecule has 0 aromatic heterocycles. The fourth-order valence-electron chi connectivity index (χ4n) is 1.79. The molecule has 0 radical (unpaired) electrons. The smallest absolute Gasteiger partial charge is 0.0700 e. The van der Waals surface area contributed by atoms with Crippen LogP contribution in [-0.2, 0) is 22.3 Å². The number of ether oxygens (including phenoxy) is 2. The summed E-state index contributed by atoms with van der Waals surface area (Å²) in [5.74, 6) is 0. The average molecular weight is 251 g/mol. The highest BCUT2D eigenvalue weighted by Gasteiger charge is 2.04. The lowest BCUT2D eigenvalue weighted by molar-refractivity contribution is 0.0672. The monoisotopic (exact) mass is 251 g/mol. The maximum absolute atomic E-state index is 6.08. The van der Waals surface area contributed by atoms with E-state index in [0.29, 0.717) is 19.8 Å². The topological polar surface area (TPSA) is 44.5 Å². The zero-order chi connectivity index (χ0) is 13.2. The molecule has 18 heavy (non-hydrogen) atoms. The first-order valence-electron chi connectivity index (χ1n) is 6.66. The lowest BCUT2D eigenvalue weighted by Gasteiger charge is -2.12. The molecule has 1 rings (SSSR count). The van der Waals surface area contributed by atoms with Gasteiger partial charge in [-0.05, 0) is 30.4 Å². The zero-order valence-electron chi connectivity index (χ0n) is 11.5. The molecule has 3 heteroatoms. The predicted molar refractivity (Wildman–Crippen MR) is 74.8 cm³/mol. The first kappa shape index (κ1) is 15.2. The molecule has 1 aromatic carbocycles. The van der Waals surface area contributed by atoms with Gasteiger partial charge in [-0.3, -0.25) is 0 Å². The number of benzene rings is 1. The number of nitrogens with two attached hydrogens (primary N) is 1. The van der Waals surface area contributed by atoms with Crippen LogP contribution < -0.4 is 5.73 Å². The molecule has 102 valence electrons. The van der Waals surface area contributed by atoms with Gasteiger partial charge >= 0.3 is 0 Å². The van der Waals surface area contributed by atoms with Crippen molar-refractivity contribution in [3.8, 4) is 0 Å². The van der Waals surface area contributed by atoms with Crippen LogP contribution in [0.3, 0.4) is 0 Å². The van der Waals surface area contributed by atoms with E-state index in [9.17, 15) is 0 Å². The maximum atomic E-state index is 6.08. The van der Waals surface area contributed by atoms with Gasteiger partial charge in [0.15, 0.2) is 0 Å². The quantitative estimate of drug-likeness (QED) is 0.684. The van der Waals surface area contributed by atoms with Crippen LogP contribution in [0.25, 0.3) is 0 Å². The molecule has 0 amide bonds. The summed E-state index contributed by atoms with van der Waals surface area (Å²) < 4.78 is 10.3. The van der Waals surface area contributed by atoms with E-state index in [1.165, 1.54) is 11.1 Å². The second-order valence-corrected chi connectivity index (χ2v) is 4.53. The Bertz CT molecular complexity index is 311. The highest BCUT2D eigenvalue weighted by atomic mass is 16.5. The summed E-state index contributed by atoms with van der Waals surface area (Å²) >= 11 is 0. The summed E-state index contributed by atoms with van der Waals surface area (Å²) in [5, 5.41) is 0. The highest BCUT2D eigenvalue weighted by Crippen LogP contribution is 2.08. The highest BCUT2D eigenvalue weighted by molar-refractivity contribution is 5.23. The minimum absolute atomic E-state index is 0.167. The molecule has 0 aliphatic rings. The van der Waals surface area contributed by atoms with Crippen molar-refractivity contribution in [1.82, 2.24) is 0 Å². The van der Waals surface area contributed by atoms with Crippen LogP contribution in [0.1, 0.15) is 24.5 Å². The van der Waals surface area contributed by atoms with Crippen LogP contribution in [0.5, 0.6) is 0 Å². The molecular weight excluding hydrogens is 226 g/mol. The van der Waals surface area contributed by atoms with Crippen molar-refractivity contribution in [3.05, 3.63) is 35.4 Å². The van der Waals surface area contributed by atoms with Crippen LogP contribution in [0.15, 0.2) is 24.3 Å². The van der Waals surface area contributed by atoms with Gasteiger partial charge in [-0.25, -0.2) is 0 Å². The Morgan fingerprint density at radius 1 is 1.06 bits per heavy atom. The second-order valence-electron chi connectivity index (χ2n) is 4.53.